The van der Waals surface area contributed by atoms with Gasteiger partial charge in [0.05, 0.1) is 24.2 Å². The molecule has 150 valence electrons. The lowest BCUT2D eigenvalue weighted by atomic mass is 10.0. The molecule has 1 saturated heterocycles. The molecule has 0 aromatic carbocycles. The van der Waals surface area contributed by atoms with Gasteiger partial charge in [0.1, 0.15) is 5.82 Å². The van der Waals surface area contributed by atoms with Gasteiger partial charge in [0.15, 0.2) is 0 Å². The molecule has 1 aliphatic carbocycles. The quantitative estimate of drug-likeness (QED) is 0.655. The number of ether oxygens (including phenoxy) is 1. The third-order valence-corrected chi connectivity index (χ3v) is 5.70. The summed E-state index contributed by atoms with van der Waals surface area (Å²) in [5.41, 5.74) is 2.32. The molecule has 1 fully saturated rings. The molecule has 4 rings (SSSR count). The molecule has 0 spiro atoms. The van der Waals surface area contributed by atoms with Gasteiger partial charge < -0.3 is 9.64 Å². The number of hydrogen-bond donors (Lipinski definition) is 0. The van der Waals surface area contributed by atoms with Crippen molar-refractivity contribution in [2.24, 2.45) is 0 Å². The highest BCUT2D eigenvalue weighted by atomic mass is 16.5. The van der Waals surface area contributed by atoms with E-state index < -0.39 is 0 Å². The summed E-state index contributed by atoms with van der Waals surface area (Å²) in [6, 6.07) is 6.14. The Labute approximate surface area is 168 Å². The van der Waals surface area contributed by atoms with Crippen molar-refractivity contribution >= 4 is 5.82 Å². The molecular formula is C22H31N5O. The van der Waals surface area contributed by atoms with E-state index >= 15 is 0 Å². The zero-order chi connectivity index (χ0) is 19.0. The number of pyridine rings is 1. The molecule has 3 heterocycles. The van der Waals surface area contributed by atoms with Crippen LogP contribution in [0.2, 0.25) is 0 Å². The van der Waals surface area contributed by atoms with E-state index in [0.29, 0.717) is 5.88 Å². The standard InChI is InChI=1S/C22H31N5O/c1(7-17-28-22-18-24-19-8-2-3-9-20(19)25-22)6-12-26-13-15-27(16-14-26)21-10-4-5-11-23-21/h4-5,10-11,18H,1-3,6-9,12-17H2. The molecule has 0 radical (unpaired) electrons. The van der Waals surface area contributed by atoms with Crippen LogP contribution in [0.3, 0.4) is 0 Å². The molecule has 2 aromatic rings. The van der Waals surface area contributed by atoms with E-state index in [9.17, 15) is 0 Å². The summed E-state index contributed by atoms with van der Waals surface area (Å²) >= 11 is 0. The van der Waals surface area contributed by atoms with E-state index in [1.807, 2.05) is 12.3 Å². The zero-order valence-electron chi connectivity index (χ0n) is 16.7. The first-order chi connectivity index (χ1) is 13.9. The highest BCUT2D eigenvalue weighted by Crippen LogP contribution is 2.19. The smallest absolute Gasteiger partial charge is 0.232 e. The number of aromatic nitrogens is 3. The van der Waals surface area contributed by atoms with Gasteiger partial charge in [-0.3, -0.25) is 9.88 Å². The molecule has 6 heteroatoms. The average molecular weight is 382 g/mol. The third-order valence-electron chi connectivity index (χ3n) is 5.70. The van der Waals surface area contributed by atoms with Crippen LogP contribution < -0.4 is 9.64 Å². The van der Waals surface area contributed by atoms with Crippen molar-refractivity contribution in [1.82, 2.24) is 19.9 Å². The van der Waals surface area contributed by atoms with E-state index in [1.54, 1.807) is 6.20 Å². The lowest BCUT2D eigenvalue weighted by molar-refractivity contribution is 0.244. The van der Waals surface area contributed by atoms with Crippen molar-refractivity contribution in [1.29, 1.82) is 0 Å². The molecule has 0 N–H and O–H groups in total. The first-order valence-corrected chi connectivity index (χ1v) is 10.7. The lowest BCUT2D eigenvalue weighted by Crippen LogP contribution is -2.46. The van der Waals surface area contributed by atoms with Crippen LogP contribution >= 0.6 is 0 Å². The van der Waals surface area contributed by atoms with Crippen LogP contribution in [-0.2, 0) is 12.8 Å². The molecule has 2 aliphatic rings. The molecule has 6 nitrogen and oxygen atoms in total. The van der Waals surface area contributed by atoms with Crippen LogP contribution in [0.4, 0.5) is 5.82 Å². The van der Waals surface area contributed by atoms with Gasteiger partial charge in [0, 0.05) is 32.4 Å². The molecule has 0 amide bonds. The highest BCUT2D eigenvalue weighted by Gasteiger charge is 2.17. The minimum Gasteiger partial charge on any atom is -0.477 e. The van der Waals surface area contributed by atoms with Gasteiger partial charge >= 0.3 is 0 Å². The van der Waals surface area contributed by atoms with E-state index in [-0.39, 0.29) is 0 Å². The zero-order valence-corrected chi connectivity index (χ0v) is 16.7. The number of hydrogen-bond acceptors (Lipinski definition) is 6. The van der Waals surface area contributed by atoms with Gasteiger partial charge in [-0.1, -0.05) is 6.07 Å². The number of aryl methyl sites for hydroxylation is 2. The van der Waals surface area contributed by atoms with Crippen LogP contribution in [-0.4, -0.2) is 59.2 Å². The first-order valence-electron chi connectivity index (χ1n) is 10.7. The Morgan fingerprint density at radius 3 is 2.57 bits per heavy atom. The summed E-state index contributed by atoms with van der Waals surface area (Å²) in [5.74, 6) is 1.80. The topological polar surface area (TPSA) is 54.4 Å². The van der Waals surface area contributed by atoms with Gasteiger partial charge in [-0.25, -0.2) is 9.97 Å². The van der Waals surface area contributed by atoms with E-state index in [2.05, 4.69) is 36.9 Å². The Kier molecular flexibility index (Phi) is 6.71. The fourth-order valence-corrected chi connectivity index (χ4v) is 4.03. The minimum atomic E-state index is 0.700. The van der Waals surface area contributed by atoms with E-state index in [1.165, 1.54) is 37.9 Å². The number of fused-ring (bicyclic) bond motifs is 1. The second kappa shape index (κ2) is 9.82. The Morgan fingerprint density at radius 2 is 1.75 bits per heavy atom. The van der Waals surface area contributed by atoms with Crippen LogP contribution in [0.1, 0.15) is 43.5 Å². The van der Waals surface area contributed by atoms with E-state index in [4.69, 9.17) is 4.74 Å². The highest BCUT2D eigenvalue weighted by molar-refractivity contribution is 5.38. The van der Waals surface area contributed by atoms with Crippen molar-refractivity contribution in [2.75, 3.05) is 44.2 Å². The number of rotatable bonds is 8. The fourth-order valence-electron chi connectivity index (χ4n) is 4.03. The Bertz CT molecular complexity index is 731. The summed E-state index contributed by atoms with van der Waals surface area (Å²) < 4.78 is 5.83. The fraction of sp³-hybridized carbons (Fsp3) is 0.591. The number of piperazine rings is 1. The number of anilines is 1. The molecule has 0 bridgehead atoms. The van der Waals surface area contributed by atoms with Gasteiger partial charge in [-0.2, -0.15) is 0 Å². The summed E-state index contributed by atoms with van der Waals surface area (Å²) in [4.78, 5) is 18.6. The second-order valence-electron chi connectivity index (χ2n) is 7.73. The Balaban J connectivity index is 1.08. The van der Waals surface area contributed by atoms with Crippen molar-refractivity contribution < 1.29 is 4.74 Å². The van der Waals surface area contributed by atoms with Crippen molar-refractivity contribution in [3.05, 3.63) is 42.0 Å². The largest absolute Gasteiger partial charge is 0.477 e. The Morgan fingerprint density at radius 1 is 0.893 bits per heavy atom. The predicted molar refractivity (Wildman–Crippen MR) is 111 cm³/mol. The minimum absolute atomic E-state index is 0.700. The molecule has 28 heavy (non-hydrogen) atoms. The molecule has 1 aliphatic heterocycles. The van der Waals surface area contributed by atoms with Crippen molar-refractivity contribution in [3.63, 3.8) is 0 Å². The van der Waals surface area contributed by atoms with Crippen LogP contribution in [0, 0.1) is 0 Å². The summed E-state index contributed by atoms with van der Waals surface area (Å²) in [7, 11) is 0. The maximum absolute atomic E-state index is 5.83. The monoisotopic (exact) mass is 381 g/mol. The van der Waals surface area contributed by atoms with Crippen molar-refractivity contribution in [2.45, 2.75) is 44.9 Å². The summed E-state index contributed by atoms with van der Waals surface area (Å²) in [6.07, 6.45) is 11.7. The lowest BCUT2D eigenvalue weighted by Gasteiger charge is -2.35. The predicted octanol–water partition coefficient (Wildman–Crippen LogP) is 3.12. The summed E-state index contributed by atoms with van der Waals surface area (Å²) in [6.45, 7) is 6.29. The van der Waals surface area contributed by atoms with Gasteiger partial charge in [0.2, 0.25) is 5.88 Å². The number of unbranched alkanes of at least 4 members (excludes halogenated alkanes) is 2. The SMILES string of the molecule is c1ccc(N2CCN(CCCCCOc3cnc4c(n3)CCCC4)CC2)nc1. The van der Waals surface area contributed by atoms with Crippen LogP contribution in [0.5, 0.6) is 5.88 Å². The first kappa shape index (κ1) is 19.1. The normalized spacial score (nSPS) is 17.4. The maximum Gasteiger partial charge on any atom is 0.232 e. The molecule has 0 saturated carbocycles. The molecular weight excluding hydrogens is 350 g/mol. The van der Waals surface area contributed by atoms with Gasteiger partial charge in [-0.15, -0.1) is 0 Å². The molecule has 2 aromatic heterocycles. The summed E-state index contributed by atoms with van der Waals surface area (Å²) in [5, 5.41) is 0. The Hall–Kier alpha value is -2.21. The van der Waals surface area contributed by atoms with Crippen molar-refractivity contribution in [3.8, 4) is 5.88 Å². The van der Waals surface area contributed by atoms with E-state index in [0.717, 1.165) is 63.6 Å². The molecule has 0 unspecified atom stereocenters. The van der Waals surface area contributed by atoms with Gasteiger partial charge in [0.25, 0.3) is 0 Å². The number of nitrogens with zero attached hydrogens (tertiary/aromatic N) is 5. The second-order valence-corrected chi connectivity index (χ2v) is 7.73. The van der Waals surface area contributed by atoms with Crippen LogP contribution in [0.15, 0.2) is 30.6 Å². The van der Waals surface area contributed by atoms with Crippen LogP contribution in [0.25, 0.3) is 0 Å². The third kappa shape index (κ3) is 5.19. The maximum atomic E-state index is 5.83. The average Bonchev–Trinajstić information content (AvgIpc) is 2.77. The van der Waals surface area contributed by atoms with Gasteiger partial charge in [-0.05, 0) is 63.6 Å². The molecule has 0 atom stereocenters.